The Balaban J connectivity index is 1.93. The van der Waals surface area contributed by atoms with Gasteiger partial charge in [0.15, 0.2) is 0 Å². The van der Waals surface area contributed by atoms with E-state index in [1.165, 1.54) is 0 Å². The van der Waals surface area contributed by atoms with Gasteiger partial charge in [-0.2, -0.15) is 0 Å². The summed E-state index contributed by atoms with van der Waals surface area (Å²) in [6.45, 7) is 3.05. The van der Waals surface area contributed by atoms with Gasteiger partial charge < -0.3 is 15.2 Å². The van der Waals surface area contributed by atoms with Gasteiger partial charge in [-0.1, -0.05) is 18.2 Å². The number of ether oxygens (including phenoxy) is 1. The molecule has 5 heteroatoms. The van der Waals surface area contributed by atoms with Crippen LogP contribution in [0.5, 0.6) is 0 Å². The molecular weight excluding hydrogens is 256 g/mol. The van der Waals surface area contributed by atoms with Crippen LogP contribution < -0.4 is 10.6 Å². The van der Waals surface area contributed by atoms with Crippen molar-refractivity contribution in [3.63, 3.8) is 0 Å². The fraction of sp³-hybridized carbons (Fsp3) is 0.533. The molecule has 0 aliphatic carbocycles. The number of carbonyl (C=O) groups is 1. The lowest BCUT2D eigenvalue weighted by atomic mass is 9.90. The Labute approximate surface area is 119 Å². The number of aliphatic hydroxyl groups excluding tert-OH is 1. The first-order chi connectivity index (χ1) is 9.65. The summed E-state index contributed by atoms with van der Waals surface area (Å²) in [4.78, 5) is 12.2. The molecule has 1 fully saturated rings. The van der Waals surface area contributed by atoms with Crippen molar-refractivity contribution < 1.29 is 14.6 Å². The van der Waals surface area contributed by atoms with Crippen LogP contribution in [0.3, 0.4) is 0 Å². The summed E-state index contributed by atoms with van der Waals surface area (Å²) in [7, 11) is 0. The number of para-hydroxylation sites is 1. The highest BCUT2D eigenvalue weighted by atomic mass is 16.5. The molecule has 1 heterocycles. The van der Waals surface area contributed by atoms with Gasteiger partial charge in [0.1, 0.15) is 0 Å². The fourth-order valence-corrected chi connectivity index (χ4v) is 2.41. The highest BCUT2D eigenvalue weighted by molar-refractivity contribution is 5.94. The summed E-state index contributed by atoms with van der Waals surface area (Å²) >= 11 is 0. The van der Waals surface area contributed by atoms with E-state index in [0.717, 1.165) is 5.69 Å². The Kier molecular flexibility index (Phi) is 5.11. The SMILES string of the molecule is CC(NC1(CO)CCOCC1)C(=O)Nc1ccccc1. The molecule has 1 aliphatic rings. The number of carbonyl (C=O) groups excluding carboxylic acids is 1. The molecule has 1 unspecified atom stereocenters. The summed E-state index contributed by atoms with van der Waals surface area (Å²) in [5.41, 5.74) is 0.363. The Morgan fingerprint density at radius 3 is 2.60 bits per heavy atom. The van der Waals surface area contributed by atoms with Crippen molar-refractivity contribution in [2.75, 3.05) is 25.1 Å². The Hall–Kier alpha value is -1.43. The Bertz CT molecular complexity index is 430. The van der Waals surface area contributed by atoms with E-state index in [1.54, 1.807) is 0 Å². The van der Waals surface area contributed by atoms with Gasteiger partial charge in [-0.25, -0.2) is 0 Å². The van der Waals surface area contributed by atoms with Crippen molar-refractivity contribution in [2.24, 2.45) is 0 Å². The van der Waals surface area contributed by atoms with Crippen LogP contribution >= 0.6 is 0 Å². The number of nitrogens with one attached hydrogen (secondary N) is 2. The number of amides is 1. The molecule has 20 heavy (non-hydrogen) atoms. The minimum atomic E-state index is -0.411. The summed E-state index contributed by atoms with van der Waals surface area (Å²) in [5.74, 6) is -0.101. The summed E-state index contributed by atoms with van der Waals surface area (Å²) in [5, 5.41) is 15.7. The van der Waals surface area contributed by atoms with E-state index >= 15 is 0 Å². The number of hydrogen-bond donors (Lipinski definition) is 3. The number of aliphatic hydroxyl groups is 1. The van der Waals surface area contributed by atoms with Gasteiger partial charge in [-0.15, -0.1) is 0 Å². The topological polar surface area (TPSA) is 70.6 Å². The molecule has 0 saturated carbocycles. The lowest BCUT2D eigenvalue weighted by Gasteiger charge is -2.38. The van der Waals surface area contributed by atoms with E-state index in [4.69, 9.17) is 4.74 Å². The molecule has 2 rings (SSSR count). The van der Waals surface area contributed by atoms with Gasteiger partial charge in [-0.3, -0.25) is 10.1 Å². The van der Waals surface area contributed by atoms with Crippen LogP contribution in [-0.4, -0.2) is 42.4 Å². The van der Waals surface area contributed by atoms with Gasteiger partial charge in [0.25, 0.3) is 0 Å². The van der Waals surface area contributed by atoms with Crippen molar-refractivity contribution in [3.8, 4) is 0 Å². The Morgan fingerprint density at radius 2 is 2.00 bits per heavy atom. The number of rotatable bonds is 5. The van der Waals surface area contributed by atoms with Crippen LogP contribution in [0.25, 0.3) is 0 Å². The first kappa shape index (κ1) is 15.0. The molecule has 1 amide bonds. The third-order valence-corrected chi connectivity index (χ3v) is 3.71. The molecule has 0 radical (unpaired) electrons. The van der Waals surface area contributed by atoms with Gasteiger partial charge in [-0.05, 0) is 31.9 Å². The van der Waals surface area contributed by atoms with Crippen LogP contribution in [0.4, 0.5) is 5.69 Å². The first-order valence-electron chi connectivity index (χ1n) is 6.97. The molecule has 3 N–H and O–H groups in total. The van der Waals surface area contributed by atoms with Crippen molar-refractivity contribution in [1.29, 1.82) is 0 Å². The molecular formula is C15H22N2O3. The number of benzene rings is 1. The zero-order valence-corrected chi connectivity index (χ0v) is 11.8. The predicted octanol–water partition coefficient (Wildman–Crippen LogP) is 1.14. The van der Waals surface area contributed by atoms with Crippen molar-refractivity contribution in [1.82, 2.24) is 5.32 Å². The molecule has 1 aliphatic heterocycles. The average molecular weight is 278 g/mol. The normalized spacial score (nSPS) is 19.3. The van der Waals surface area contributed by atoms with Gasteiger partial charge in [0.05, 0.1) is 12.6 Å². The van der Waals surface area contributed by atoms with E-state index in [2.05, 4.69) is 10.6 Å². The van der Waals surface area contributed by atoms with Crippen molar-refractivity contribution in [2.45, 2.75) is 31.3 Å². The molecule has 0 spiro atoms. The zero-order chi connectivity index (χ0) is 14.4. The van der Waals surface area contributed by atoms with Crippen LogP contribution in [0, 0.1) is 0 Å². The van der Waals surface area contributed by atoms with E-state index in [0.29, 0.717) is 26.1 Å². The number of hydrogen-bond acceptors (Lipinski definition) is 4. The lowest BCUT2D eigenvalue weighted by Crippen LogP contribution is -2.58. The van der Waals surface area contributed by atoms with Gasteiger partial charge in [0.2, 0.25) is 5.91 Å². The molecule has 1 aromatic rings. The minimum Gasteiger partial charge on any atom is -0.394 e. The molecule has 0 bridgehead atoms. The summed E-state index contributed by atoms with van der Waals surface area (Å²) in [6, 6.07) is 8.98. The minimum absolute atomic E-state index is 0.0132. The van der Waals surface area contributed by atoms with Crippen LogP contribution in [0.2, 0.25) is 0 Å². The highest BCUT2D eigenvalue weighted by Gasteiger charge is 2.34. The quantitative estimate of drug-likeness (QED) is 0.755. The second-order valence-electron chi connectivity index (χ2n) is 5.27. The van der Waals surface area contributed by atoms with E-state index < -0.39 is 5.54 Å². The number of anilines is 1. The van der Waals surface area contributed by atoms with Gasteiger partial charge >= 0.3 is 0 Å². The summed E-state index contributed by atoms with van der Waals surface area (Å²) in [6.07, 6.45) is 1.43. The third kappa shape index (κ3) is 3.79. The maximum Gasteiger partial charge on any atom is 0.241 e. The molecule has 110 valence electrons. The average Bonchev–Trinajstić information content (AvgIpc) is 2.49. The van der Waals surface area contributed by atoms with Crippen LogP contribution in [0.15, 0.2) is 30.3 Å². The maximum absolute atomic E-state index is 12.2. The zero-order valence-electron chi connectivity index (χ0n) is 11.8. The lowest BCUT2D eigenvalue weighted by molar-refractivity contribution is -0.119. The summed E-state index contributed by atoms with van der Waals surface area (Å²) < 4.78 is 5.31. The molecule has 1 saturated heterocycles. The molecule has 1 aromatic carbocycles. The second kappa shape index (κ2) is 6.83. The standard InChI is InChI=1S/C15H22N2O3/c1-12(14(19)16-13-5-3-2-4-6-13)17-15(11-18)7-9-20-10-8-15/h2-6,12,17-18H,7-11H2,1H3,(H,16,19). The second-order valence-corrected chi connectivity index (χ2v) is 5.27. The highest BCUT2D eigenvalue weighted by Crippen LogP contribution is 2.21. The van der Waals surface area contributed by atoms with E-state index in [9.17, 15) is 9.90 Å². The molecule has 1 atom stereocenters. The van der Waals surface area contributed by atoms with E-state index in [-0.39, 0.29) is 18.6 Å². The van der Waals surface area contributed by atoms with Crippen LogP contribution in [-0.2, 0) is 9.53 Å². The Morgan fingerprint density at radius 1 is 1.35 bits per heavy atom. The van der Waals surface area contributed by atoms with Crippen LogP contribution in [0.1, 0.15) is 19.8 Å². The monoisotopic (exact) mass is 278 g/mol. The molecule has 5 nitrogen and oxygen atoms in total. The van der Waals surface area contributed by atoms with Crippen molar-refractivity contribution in [3.05, 3.63) is 30.3 Å². The first-order valence-corrected chi connectivity index (χ1v) is 6.97. The largest absolute Gasteiger partial charge is 0.394 e. The van der Waals surface area contributed by atoms with Crippen molar-refractivity contribution >= 4 is 11.6 Å². The van der Waals surface area contributed by atoms with E-state index in [1.807, 2.05) is 37.3 Å². The van der Waals surface area contributed by atoms with Gasteiger partial charge in [0, 0.05) is 24.4 Å². The fourth-order valence-electron chi connectivity index (χ4n) is 2.41. The predicted molar refractivity (Wildman–Crippen MR) is 77.5 cm³/mol. The maximum atomic E-state index is 12.2. The third-order valence-electron chi connectivity index (χ3n) is 3.71. The smallest absolute Gasteiger partial charge is 0.241 e. The molecule has 0 aromatic heterocycles.